The molecule has 19 heavy (non-hydrogen) atoms. The molecule has 0 aliphatic carbocycles. The lowest BCUT2D eigenvalue weighted by Crippen LogP contribution is -2.33. The molecule has 1 heterocycles. The Hall–Kier alpha value is -1.27. The predicted molar refractivity (Wildman–Crippen MR) is 61.9 cm³/mol. The number of aliphatic hydroxyl groups excluding tert-OH is 1. The molecule has 106 valence electrons. The van der Waals surface area contributed by atoms with Crippen molar-refractivity contribution in [3.05, 3.63) is 29.8 Å². The van der Waals surface area contributed by atoms with E-state index < -0.39 is 24.8 Å². The fourth-order valence-corrected chi connectivity index (χ4v) is 1.97. The topological polar surface area (TPSA) is 38.7 Å². The molecule has 0 aromatic heterocycles. The predicted octanol–water partition coefficient (Wildman–Crippen LogP) is 2.84. The number of hydrogen-bond donors (Lipinski definition) is 1. The van der Waals surface area contributed by atoms with Gasteiger partial charge in [-0.15, -0.1) is 0 Å². The van der Waals surface area contributed by atoms with Crippen LogP contribution in [0.4, 0.5) is 13.2 Å². The highest BCUT2D eigenvalue weighted by molar-refractivity contribution is 5.37. The van der Waals surface area contributed by atoms with E-state index in [2.05, 4.69) is 0 Å². The molecule has 0 spiro atoms. The fraction of sp³-hybridized carbons (Fsp3) is 0.538. The molecule has 1 N–H and O–H groups in total. The average Bonchev–Trinajstić information content (AvgIpc) is 2.36. The van der Waals surface area contributed by atoms with Gasteiger partial charge in [-0.3, -0.25) is 0 Å². The van der Waals surface area contributed by atoms with E-state index in [1.807, 2.05) is 0 Å². The Kier molecular flexibility index (Phi) is 4.31. The van der Waals surface area contributed by atoms with Gasteiger partial charge in [-0.05, 0) is 12.5 Å². The number of rotatable bonds is 4. The van der Waals surface area contributed by atoms with Gasteiger partial charge in [0.15, 0.2) is 0 Å². The van der Waals surface area contributed by atoms with Gasteiger partial charge >= 0.3 is 6.18 Å². The first-order chi connectivity index (χ1) is 8.97. The zero-order chi connectivity index (χ0) is 13.9. The summed E-state index contributed by atoms with van der Waals surface area (Å²) in [6.07, 6.45) is -6.65. The van der Waals surface area contributed by atoms with Crippen LogP contribution in [0, 0.1) is 0 Å². The molecule has 2 unspecified atom stereocenters. The smallest absolute Gasteiger partial charge is 0.389 e. The average molecular weight is 276 g/mol. The molecule has 1 aliphatic heterocycles. The van der Waals surface area contributed by atoms with Crippen LogP contribution in [0.2, 0.25) is 0 Å². The van der Waals surface area contributed by atoms with Gasteiger partial charge in [0.2, 0.25) is 0 Å². The van der Waals surface area contributed by atoms with Crippen molar-refractivity contribution in [3.8, 4) is 5.75 Å². The van der Waals surface area contributed by atoms with Gasteiger partial charge < -0.3 is 14.6 Å². The molecule has 0 radical (unpaired) electrons. The molecule has 0 bridgehead atoms. The van der Waals surface area contributed by atoms with Crippen molar-refractivity contribution in [3.63, 3.8) is 0 Å². The normalized spacial score (nSPS) is 22.7. The maximum atomic E-state index is 12.0. The van der Waals surface area contributed by atoms with Crippen LogP contribution in [0.15, 0.2) is 24.3 Å². The second kappa shape index (κ2) is 5.79. The van der Waals surface area contributed by atoms with Gasteiger partial charge in [0.05, 0.1) is 0 Å². The molecule has 2 atom stereocenters. The summed E-state index contributed by atoms with van der Waals surface area (Å²) in [5.41, 5.74) is 0.606. The first-order valence-corrected chi connectivity index (χ1v) is 6.05. The maximum Gasteiger partial charge on any atom is 0.389 e. The zero-order valence-corrected chi connectivity index (χ0v) is 10.2. The minimum atomic E-state index is -4.17. The molecule has 2 rings (SSSR count). The van der Waals surface area contributed by atoms with Crippen LogP contribution in [0.5, 0.6) is 5.75 Å². The molecule has 0 amide bonds. The van der Waals surface area contributed by atoms with Gasteiger partial charge in [0.1, 0.15) is 24.6 Å². The molecule has 3 nitrogen and oxygen atoms in total. The second-order valence-electron chi connectivity index (χ2n) is 4.42. The Morgan fingerprint density at radius 2 is 2.05 bits per heavy atom. The van der Waals surface area contributed by atoms with Crippen molar-refractivity contribution < 1.29 is 27.8 Å². The number of halogens is 3. The minimum absolute atomic E-state index is 0.0488. The van der Waals surface area contributed by atoms with E-state index in [0.717, 1.165) is 0 Å². The summed E-state index contributed by atoms with van der Waals surface area (Å²) in [6.45, 7) is 0.0942. The molecular weight excluding hydrogens is 261 g/mol. The van der Waals surface area contributed by atoms with E-state index in [0.29, 0.717) is 11.3 Å². The Labute approximate surface area is 108 Å². The molecule has 1 aromatic carbocycles. The second-order valence-corrected chi connectivity index (χ2v) is 4.42. The lowest BCUT2D eigenvalue weighted by Gasteiger charge is -2.30. The Bertz CT molecular complexity index is 420. The van der Waals surface area contributed by atoms with Gasteiger partial charge in [-0.2, -0.15) is 13.2 Å². The van der Waals surface area contributed by atoms with Crippen molar-refractivity contribution in [1.29, 1.82) is 0 Å². The molecule has 1 aromatic rings. The monoisotopic (exact) mass is 276 g/mol. The van der Waals surface area contributed by atoms with Crippen LogP contribution in [0.1, 0.15) is 24.5 Å². The molecule has 6 heteroatoms. The minimum Gasteiger partial charge on any atom is -0.490 e. The van der Waals surface area contributed by atoms with Gasteiger partial charge in [-0.25, -0.2) is 0 Å². The number of hydrogen-bond acceptors (Lipinski definition) is 3. The van der Waals surface area contributed by atoms with Gasteiger partial charge in [0.25, 0.3) is 0 Å². The summed E-state index contributed by atoms with van der Waals surface area (Å²) >= 11 is 0. The van der Waals surface area contributed by atoms with Crippen molar-refractivity contribution >= 4 is 0 Å². The molecule has 1 aliphatic rings. The third-order valence-corrected chi connectivity index (χ3v) is 2.93. The van der Waals surface area contributed by atoms with Crippen LogP contribution in [0.25, 0.3) is 0 Å². The van der Waals surface area contributed by atoms with Gasteiger partial charge in [0, 0.05) is 18.6 Å². The largest absolute Gasteiger partial charge is 0.490 e. The number of ether oxygens (including phenoxy) is 2. The molecule has 0 saturated heterocycles. The Morgan fingerprint density at radius 3 is 2.79 bits per heavy atom. The third-order valence-electron chi connectivity index (χ3n) is 2.93. The lowest BCUT2D eigenvalue weighted by atomic mass is 10.0. The van der Waals surface area contributed by atoms with E-state index in [-0.39, 0.29) is 19.6 Å². The summed E-state index contributed by atoms with van der Waals surface area (Å²) in [4.78, 5) is 0. The van der Waals surface area contributed by atoms with E-state index >= 15 is 0 Å². The zero-order valence-electron chi connectivity index (χ0n) is 10.2. The van der Waals surface area contributed by atoms with Crippen LogP contribution in [-0.2, 0) is 4.74 Å². The summed E-state index contributed by atoms with van der Waals surface area (Å²) in [5, 5.41) is 10.1. The highest BCUT2D eigenvalue weighted by atomic mass is 19.4. The van der Waals surface area contributed by atoms with Crippen LogP contribution in [-0.4, -0.2) is 30.6 Å². The van der Waals surface area contributed by atoms with Crippen LogP contribution in [0.3, 0.4) is 0 Å². The summed E-state index contributed by atoms with van der Waals surface area (Å²) in [5.74, 6) is 0.588. The molecular formula is C13H15F3O3. The quantitative estimate of drug-likeness (QED) is 0.859. The fourth-order valence-electron chi connectivity index (χ4n) is 1.97. The van der Waals surface area contributed by atoms with Crippen molar-refractivity contribution in [2.45, 2.75) is 31.2 Å². The number of para-hydroxylation sites is 1. The Balaban J connectivity index is 1.84. The highest BCUT2D eigenvalue weighted by Gasteiger charge is 2.30. The number of aliphatic hydroxyl groups is 1. The van der Waals surface area contributed by atoms with Crippen molar-refractivity contribution in [2.24, 2.45) is 0 Å². The summed E-state index contributed by atoms with van der Waals surface area (Å²) in [7, 11) is 0. The van der Waals surface area contributed by atoms with Crippen LogP contribution < -0.4 is 4.74 Å². The number of fused-ring (bicyclic) bond motifs is 1. The van der Waals surface area contributed by atoms with Crippen molar-refractivity contribution in [2.75, 3.05) is 13.2 Å². The standard InChI is InChI=1S/C13H15F3O3/c14-13(15,16)6-3-7-18-11-8-19-10-5-2-1-4-9(10)12(11)17/h1-2,4-5,11-12,17H,3,6-8H2. The van der Waals surface area contributed by atoms with E-state index in [9.17, 15) is 18.3 Å². The van der Waals surface area contributed by atoms with Crippen molar-refractivity contribution in [1.82, 2.24) is 0 Å². The summed E-state index contributed by atoms with van der Waals surface area (Å²) < 4.78 is 46.6. The van der Waals surface area contributed by atoms with E-state index in [1.165, 1.54) is 0 Å². The molecule has 0 fully saturated rings. The highest BCUT2D eigenvalue weighted by Crippen LogP contribution is 2.33. The third kappa shape index (κ3) is 3.84. The van der Waals surface area contributed by atoms with E-state index in [4.69, 9.17) is 9.47 Å². The first-order valence-electron chi connectivity index (χ1n) is 6.05. The van der Waals surface area contributed by atoms with E-state index in [1.54, 1.807) is 24.3 Å². The summed E-state index contributed by atoms with van der Waals surface area (Å²) in [6, 6.07) is 7.00. The Morgan fingerprint density at radius 1 is 1.32 bits per heavy atom. The lowest BCUT2D eigenvalue weighted by molar-refractivity contribution is -0.141. The number of benzene rings is 1. The SMILES string of the molecule is OC1c2ccccc2OCC1OCCCC(F)(F)F. The molecule has 0 saturated carbocycles. The van der Waals surface area contributed by atoms with Crippen LogP contribution >= 0.6 is 0 Å². The first kappa shape index (κ1) is 14.1. The maximum absolute atomic E-state index is 12.0. The number of alkyl halides is 3. The van der Waals surface area contributed by atoms with Gasteiger partial charge in [-0.1, -0.05) is 18.2 Å².